The van der Waals surface area contributed by atoms with E-state index in [0.29, 0.717) is 11.1 Å². The maximum atomic E-state index is 12.7. The Morgan fingerprint density at radius 3 is 1.85 bits per heavy atom. The highest BCUT2D eigenvalue weighted by atomic mass is 16.2. The molecule has 0 saturated heterocycles. The zero-order valence-corrected chi connectivity index (χ0v) is 14.0. The molecule has 124 valence electrons. The van der Waals surface area contributed by atoms with Crippen LogP contribution in [0.4, 0.5) is 0 Å². The molecule has 5 rings (SSSR count). The van der Waals surface area contributed by atoms with Crippen molar-refractivity contribution >= 4 is 33.4 Å². The van der Waals surface area contributed by atoms with Gasteiger partial charge >= 0.3 is 0 Å². The second-order valence-corrected chi connectivity index (χ2v) is 6.54. The average molecular weight is 337 g/mol. The second-order valence-electron chi connectivity index (χ2n) is 6.54. The van der Waals surface area contributed by atoms with E-state index in [1.165, 1.54) is 10.3 Å². The Kier molecular flexibility index (Phi) is 3.16. The third-order valence-corrected chi connectivity index (χ3v) is 5.06. The Labute approximate surface area is 150 Å². The lowest BCUT2D eigenvalue weighted by Gasteiger charge is -2.17. The number of fused-ring (bicyclic) bond motifs is 4. The molecule has 4 aromatic rings. The zero-order valence-electron chi connectivity index (χ0n) is 14.0. The summed E-state index contributed by atoms with van der Waals surface area (Å²) in [4.78, 5) is 26.8. The Balaban J connectivity index is 1.66. The van der Waals surface area contributed by atoms with Gasteiger partial charge in [-0.15, -0.1) is 0 Å². The molecule has 3 nitrogen and oxygen atoms in total. The van der Waals surface area contributed by atoms with Gasteiger partial charge in [0, 0.05) is 0 Å². The van der Waals surface area contributed by atoms with Crippen LogP contribution in [0.2, 0.25) is 0 Å². The molecule has 0 saturated carbocycles. The minimum Gasteiger partial charge on any atom is -0.270 e. The van der Waals surface area contributed by atoms with Crippen molar-refractivity contribution in [3.05, 3.63) is 95.6 Å². The molecule has 1 aliphatic heterocycles. The van der Waals surface area contributed by atoms with Crippen LogP contribution in [0.15, 0.2) is 78.9 Å². The van der Waals surface area contributed by atoms with E-state index in [-0.39, 0.29) is 18.4 Å². The van der Waals surface area contributed by atoms with Gasteiger partial charge in [-0.1, -0.05) is 60.7 Å². The SMILES string of the molecule is O=C1c2ccccc2C(=O)N1Cc1cc2ccccc2c2ccccc12. The fraction of sp³-hybridized carbons (Fsp3) is 0.0435. The van der Waals surface area contributed by atoms with Crippen molar-refractivity contribution < 1.29 is 9.59 Å². The van der Waals surface area contributed by atoms with E-state index in [9.17, 15) is 9.59 Å². The first-order valence-corrected chi connectivity index (χ1v) is 8.58. The Hall–Kier alpha value is -3.46. The van der Waals surface area contributed by atoms with Crippen LogP contribution in [0.25, 0.3) is 21.5 Å². The Bertz CT molecular complexity index is 1170. The summed E-state index contributed by atoms with van der Waals surface area (Å²) in [6.07, 6.45) is 0. The lowest BCUT2D eigenvalue weighted by Crippen LogP contribution is -2.29. The summed E-state index contributed by atoms with van der Waals surface area (Å²) in [5, 5.41) is 4.49. The molecule has 0 atom stereocenters. The van der Waals surface area contributed by atoms with Crippen LogP contribution in [-0.2, 0) is 6.54 Å². The lowest BCUT2D eigenvalue weighted by atomic mass is 9.97. The fourth-order valence-corrected chi connectivity index (χ4v) is 3.82. The summed E-state index contributed by atoms with van der Waals surface area (Å²) in [5.74, 6) is -0.439. The largest absolute Gasteiger partial charge is 0.270 e. The van der Waals surface area contributed by atoms with Crippen LogP contribution in [0.3, 0.4) is 0 Å². The number of imide groups is 1. The summed E-state index contributed by atoms with van der Waals surface area (Å²) >= 11 is 0. The first kappa shape index (κ1) is 14.8. The van der Waals surface area contributed by atoms with E-state index >= 15 is 0 Å². The number of benzene rings is 4. The quantitative estimate of drug-likeness (QED) is 0.389. The maximum Gasteiger partial charge on any atom is 0.261 e. The fourth-order valence-electron chi connectivity index (χ4n) is 3.82. The summed E-state index contributed by atoms with van der Waals surface area (Å²) in [5.41, 5.74) is 1.96. The molecule has 3 heteroatoms. The van der Waals surface area contributed by atoms with Crippen LogP contribution >= 0.6 is 0 Å². The maximum absolute atomic E-state index is 12.7. The number of amides is 2. The topological polar surface area (TPSA) is 37.4 Å². The van der Waals surface area contributed by atoms with Crippen molar-refractivity contribution in [2.75, 3.05) is 0 Å². The van der Waals surface area contributed by atoms with Gasteiger partial charge in [0.15, 0.2) is 0 Å². The summed E-state index contributed by atoms with van der Waals surface area (Å²) in [7, 11) is 0. The van der Waals surface area contributed by atoms with Crippen molar-refractivity contribution in [3.8, 4) is 0 Å². The van der Waals surface area contributed by atoms with Crippen LogP contribution in [-0.4, -0.2) is 16.7 Å². The molecule has 4 aromatic carbocycles. The van der Waals surface area contributed by atoms with Crippen LogP contribution in [0.1, 0.15) is 26.3 Å². The molecule has 1 aliphatic rings. The van der Waals surface area contributed by atoms with Crippen LogP contribution in [0.5, 0.6) is 0 Å². The first-order valence-electron chi connectivity index (χ1n) is 8.58. The number of hydrogen-bond acceptors (Lipinski definition) is 2. The monoisotopic (exact) mass is 337 g/mol. The molecular weight excluding hydrogens is 322 g/mol. The van der Waals surface area contributed by atoms with Gasteiger partial charge in [0.05, 0.1) is 17.7 Å². The van der Waals surface area contributed by atoms with Gasteiger partial charge in [0.2, 0.25) is 0 Å². The molecular formula is C23H15NO2. The molecule has 0 aromatic heterocycles. The highest BCUT2D eigenvalue weighted by Gasteiger charge is 2.35. The Morgan fingerprint density at radius 2 is 1.15 bits per heavy atom. The van der Waals surface area contributed by atoms with Crippen LogP contribution < -0.4 is 0 Å². The van der Waals surface area contributed by atoms with Gasteiger partial charge in [-0.3, -0.25) is 14.5 Å². The molecule has 0 aliphatic carbocycles. The lowest BCUT2D eigenvalue weighted by molar-refractivity contribution is 0.0643. The van der Waals surface area contributed by atoms with Crippen molar-refractivity contribution in [1.29, 1.82) is 0 Å². The number of hydrogen-bond donors (Lipinski definition) is 0. The number of rotatable bonds is 2. The van der Waals surface area contributed by atoms with E-state index in [4.69, 9.17) is 0 Å². The van der Waals surface area contributed by atoms with Crippen molar-refractivity contribution in [3.63, 3.8) is 0 Å². The van der Waals surface area contributed by atoms with Crippen molar-refractivity contribution in [2.45, 2.75) is 6.54 Å². The minimum absolute atomic E-state index is 0.220. The van der Waals surface area contributed by atoms with E-state index in [1.807, 2.05) is 24.3 Å². The molecule has 0 unspecified atom stereocenters. The summed E-state index contributed by atoms with van der Waals surface area (Å²) < 4.78 is 0. The van der Waals surface area contributed by atoms with Gasteiger partial charge < -0.3 is 0 Å². The van der Waals surface area contributed by atoms with Gasteiger partial charge in [-0.05, 0) is 45.3 Å². The average Bonchev–Trinajstić information content (AvgIpc) is 2.93. The molecule has 0 fully saturated rings. The van der Waals surface area contributed by atoms with Gasteiger partial charge in [0.1, 0.15) is 0 Å². The zero-order chi connectivity index (χ0) is 17.7. The molecule has 2 amide bonds. The van der Waals surface area contributed by atoms with Crippen molar-refractivity contribution in [2.24, 2.45) is 0 Å². The van der Waals surface area contributed by atoms with E-state index in [0.717, 1.165) is 21.7 Å². The van der Waals surface area contributed by atoms with E-state index in [2.05, 4.69) is 30.3 Å². The highest BCUT2D eigenvalue weighted by molar-refractivity contribution is 6.21. The normalized spacial score (nSPS) is 13.6. The highest BCUT2D eigenvalue weighted by Crippen LogP contribution is 2.31. The first-order chi connectivity index (χ1) is 12.7. The Morgan fingerprint density at radius 1 is 0.615 bits per heavy atom. The predicted octanol–water partition coefficient (Wildman–Crippen LogP) is 4.79. The van der Waals surface area contributed by atoms with Crippen molar-refractivity contribution in [1.82, 2.24) is 4.90 Å². The number of carbonyl (C=O) groups excluding carboxylic acids is 2. The molecule has 0 bridgehead atoms. The minimum atomic E-state index is -0.220. The second kappa shape index (κ2) is 5.53. The third kappa shape index (κ3) is 2.07. The van der Waals surface area contributed by atoms with Gasteiger partial charge in [-0.25, -0.2) is 0 Å². The molecule has 26 heavy (non-hydrogen) atoms. The molecule has 0 N–H and O–H groups in total. The van der Waals surface area contributed by atoms with E-state index in [1.54, 1.807) is 24.3 Å². The van der Waals surface area contributed by atoms with E-state index < -0.39 is 0 Å². The predicted molar refractivity (Wildman–Crippen MR) is 102 cm³/mol. The van der Waals surface area contributed by atoms with Gasteiger partial charge in [-0.2, -0.15) is 0 Å². The third-order valence-electron chi connectivity index (χ3n) is 5.06. The number of carbonyl (C=O) groups is 2. The molecule has 1 heterocycles. The summed E-state index contributed by atoms with van der Waals surface area (Å²) in [6, 6.07) is 25.4. The van der Waals surface area contributed by atoms with Crippen LogP contribution in [0, 0.1) is 0 Å². The van der Waals surface area contributed by atoms with Gasteiger partial charge in [0.25, 0.3) is 11.8 Å². The standard InChI is InChI=1S/C23H15NO2/c25-22-20-11-5-6-12-21(20)23(26)24(22)14-16-13-15-7-1-2-8-17(15)19-10-4-3-9-18(16)19/h1-13H,14H2. The summed E-state index contributed by atoms with van der Waals surface area (Å²) in [6.45, 7) is 0.275. The smallest absolute Gasteiger partial charge is 0.261 e. The molecule has 0 radical (unpaired) electrons. The number of nitrogens with zero attached hydrogens (tertiary/aromatic N) is 1. The molecule has 0 spiro atoms.